The lowest BCUT2D eigenvalue weighted by molar-refractivity contribution is -0.146. The molecule has 128 valence electrons. The number of nitrogens with one attached hydrogen (secondary N) is 2. The fraction of sp³-hybridized carbons (Fsp3) is 0.389. The number of rotatable bonds is 4. The Morgan fingerprint density at radius 3 is 2.08 bits per heavy atom. The van der Waals surface area contributed by atoms with E-state index in [1.807, 2.05) is 13.8 Å². The highest BCUT2D eigenvalue weighted by Crippen LogP contribution is 2.35. The SMILES string of the molecule is CC(=O)Nc1cccc(NC(=O)C2CC(C)=C(C)CC2C(=O)O)c1. The zero-order chi connectivity index (χ0) is 17.9. The van der Waals surface area contributed by atoms with Crippen LogP contribution in [0.15, 0.2) is 35.4 Å². The second-order valence-corrected chi connectivity index (χ2v) is 6.27. The fourth-order valence-corrected chi connectivity index (χ4v) is 2.94. The second-order valence-electron chi connectivity index (χ2n) is 6.27. The summed E-state index contributed by atoms with van der Waals surface area (Å²) in [5.74, 6) is -2.78. The molecule has 1 aliphatic carbocycles. The molecular weight excluding hydrogens is 308 g/mol. The van der Waals surface area contributed by atoms with Crippen LogP contribution in [0.5, 0.6) is 0 Å². The summed E-state index contributed by atoms with van der Waals surface area (Å²) >= 11 is 0. The molecule has 0 spiro atoms. The Bertz CT molecular complexity index is 709. The summed E-state index contributed by atoms with van der Waals surface area (Å²) in [6.07, 6.45) is 0.838. The molecule has 24 heavy (non-hydrogen) atoms. The highest BCUT2D eigenvalue weighted by atomic mass is 16.4. The Hall–Kier alpha value is -2.63. The summed E-state index contributed by atoms with van der Waals surface area (Å²) in [7, 11) is 0. The molecule has 0 aromatic heterocycles. The standard InChI is InChI=1S/C18H22N2O4/c1-10-7-15(16(18(23)24)8-11(10)2)17(22)20-14-6-4-5-13(9-14)19-12(3)21/h4-6,9,15-16H,7-8H2,1-3H3,(H,19,21)(H,20,22)(H,23,24). The molecule has 6 nitrogen and oxygen atoms in total. The quantitative estimate of drug-likeness (QED) is 0.739. The molecule has 0 fully saturated rings. The Morgan fingerprint density at radius 2 is 1.54 bits per heavy atom. The van der Waals surface area contributed by atoms with E-state index in [0.29, 0.717) is 24.2 Å². The first-order valence-corrected chi connectivity index (χ1v) is 7.84. The van der Waals surface area contributed by atoms with E-state index in [1.165, 1.54) is 6.92 Å². The summed E-state index contributed by atoms with van der Waals surface area (Å²) in [6, 6.07) is 6.78. The molecule has 0 radical (unpaired) electrons. The van der Waals surface area contributed by atoms with Gasteiger partial charge in [-0.25, -0.2) is 0 Å². The lowest BCUT2D eigenvalue weighted by Gasteiger charge is -2.29. The van der Waals surface area contributed by atoms with Crippen LogP contribution in [-0.2, 0) is 14.4 Å². The lowest BCUT2D eigenvalue weighted by Crippen LogP contribution is -2.36. The van der Waals surface area contributed by atoms with Gasteiger partial charge in [0.15, 0.2) is 0 Å². The minimum absolute atomic E-state index is 0.201. The van der Waals surface area contributed by atoms with Crippen LogP contribution in [0.3, 0.4) is 0 Å². The van der Waals surface area contributed by atoms with Crippen molar-refractivity contribution in [3.8, 4) is 0 Å². The summed E-state index contributed by atoms with van der Waals surface area (Å²) < 4.78 is 0. The van der Waals surface area contributed by atoms with Gasteiger partial charge in [0.05, 0.1) is 11.8 Å². The largest absolute Gasteiger partial charge is 0.481 e. The average Bonchev–Trinajstić information content (AvgIpc) is 2.49. The van der Waals surface area contributed by atoms with Crippen LogP contribution in [-0.4, -0.2) is 22.9 Å². The van der Waals surface area contributed by atoms with Gasteiger partial charge in [-0.05, 0) is 44.9 Å². The molecule has 1 aliphatic rings. The van der Waals surface area contributed by atoms with Crippen LogP contribution < -0.4 is 10.6 Å². The molecule has 2 atom stereocenters. The number of carboxylic acids is 1. The summed E-state index contributed by atoms with van der Waals surface area (Å²) in [5.41, 5.74) is 3.21. The molecule has 6 heteroatoms. The van der Waals surface area contributed by atoms with Crippen LogP contribution in [0.25, 0.3) is 0 Å². The Labute approximate surface area is 140 Å². The van der Waals surface area contributed by atoms with Crippen LogP contribution in [0.2, 0.25) is 0 Å². The van der Waals surface area contributed by atoms with Crippen molar-refractivity contribution in [3.05, 3.63) is 35.4 Å². The van der Waals surface area contributed by atoms with Crippen molar-refractivity contribution in [1.29, 1.82) is 0 Å². The van der Waals surface area contributed by atoms with Gasteiger partial charge in [0, 0.05) is 18.3 Å². The van der Waals surface area contributed by atoms with Gasteiger partial charge in [-0.3, -0.25) is 14.4 Å². The molecule has 0 heterocycles. The monoisotopic (exact) mass is 330 g/mol. The molecule has 0 saturated heterocycles. The third kappa shape index (κ3) is 4.22. The van der Waals surface area contributed by atoms with E-state index in [0.717, 1.165) is 11.1 Å². The van der Waals surface area contributed by atoms with Crippen LogP contribution in [0, 0.1) is 11.8 Å². The van der Waals surface area contributed by atoms with Gasteiger partial charge in [-0.15, -0.1) is 0 Å². The summed E-state index contributed by atoms with van der Waals surface area (Å²) in [6.45, 7) is 5.25. The zero-order valence-electron chi connectivity index (χ0n) is 14.1. The number of carboxylic acid groups (broad SMARTS) is 1. The van der Waals surface area contributed by atoms with Crippen molar-refractivity contribution >= 4 is 29.2 Å². The van der Waals surface area contributed by atoms with Gasteiger partial charge in [0.1, 0.15) is 0 Å². The third-order valence-corrected chi connectivity index (χ3v) is 4.37. The normalized spacial score (nSPS) is 20.5. The number of hydrogen-bond donors (Lipinski definition) is 3. The van der Waals surface area contributed by atoms with E-state index in [9.17, 15) is 19.5 Å². The molecule has 2 rings (SSSR count). The molecule has 2 amide bonds. The van der Waals surface area contributed by atoms with Crippen molar-refractivity contribution in [2.75, 3.05) is 10.6 Å². The average molecular weight is 330 g/mol. The number of carbonyl (C=O) groups excluding carboxylic acids is 2. The van der Waals surface area contributed by atoms with Crippen LogP contribution in [0.1, 0.15) is 33.6 Å². The fourth-order valence-electron chi connectivity index (χ4n) is 2.94. The molecule has 2 unspecified atom stereocenters. The first-order chi connectivity index (χ1) is 11.3. The van der Waals surface area contributed by atoms with E-state index < -0.39 is 17.8 Å². The smallest absolute Gasteiger partial charge is 0.307 e. The highest BCUT2D eigenvalue weighted by Gasteiger charge is 2.37. The van der Waals surface area contributed by atoms with Gasteiger partial charge in [-0.1, -0.05) is 17.2 Å². The van der Waals surface area contributed by atoms with Crippen LogP contribution >= 0.6 is 0 Å². The van der Waals surface area contributed by atoms with Crippen molar-refractivity contribution in [3.63, 3.8) is 0 Å². The van der Waals surface area contributed by atoms with Gasteiger partial charge < -0.3 is 15.7 Å². The second kappa shape index (κ2) is 7.29. The van der Waals surface area contributed by atoms with E-state index in [2.05, 4.69) is 10.6 Å². The maximum absolute atomic E-state index is 12.6. The van der Waals surface area contributed by atoms with Crippen molar-refractivity contribution < 1.29 is 19.5 Å². The van der Waals surface area contributed by atoms with E-state index in [1.54, 1.807) is 24.3 Å². The molecule has 0 aliphatic heterocycles. The van der Waals surface area contributed by atoms with Crippen molar-refractivity contribution in [2.45, 2.75) is 33.6 Å². The van der Waals surface area contributed by atoms with Gasteiger partial charge >= 0.3 is 5.97 Å². The maximum Gasteiger partial charge on any atom is 0.307 e. The first-order valence-electron chi connectivity index (χ1n) is 7.84. The first kappa shape index (κ1) is 17.7. The van der Waals surface area contributed by atoms with Crippen molar-refractivity contribution in [2.24, 2.45) is 11.8 Å². The molecule has 0 bridgehead atoms. The Morgan fingerprint density at radius 1 is 1.00 bits per heavy atom. The molecular formula is C18H22N2O4. The number of aliphatic carboxylic acids is 1. The third-order valence-electron chi connectivity index (χ3n) is 4.37. The number of anilines is 2. The predicted octanol–water partition coefficient (Wildman–Crippen LogP) is 3.03. The summed E-state index contributed by atoms with van der Waals surface area (Å²) in [5, 5.41) is 14.8. The minimum atomic E-state index is -0.950. The number of hydrogen-bond acceptors (Lipinski definition) is 3. The number of allylic oxidation sites excluding steroid dienone is 2. The number of benzene rings is 1. The van der Waals surface area contributed by atoms with Gasteiger partial charge in [0.25, 0.3) is 0 Å². The summed E-state index contributed by atoms with van der Waals surface area (Å²) in [4.78, 5) is 35.2. The highest BCUT2D eigenvalue weighted by molar-refractivity contribution is 5.96. The van der Waals surface area contributed by atoms with Gasteiger partial charge in [0.2, 0.25) is 11.8 Å². The van der Waals surface area contributed by atoms with Gasteiger partial charge in [-0.2, -0.15) is 0 Å². The zero-order valence-corrected chi connectivity index (χ0v) is 14.1. The Balaban J connectivity index is 2.16. The van der Waals surface area contributed by atoms with E-state index in [-0.39, 0.29) is 11.8 Å². The topological polar surface area (TPSA) is 95.5 Å². The maximum atomic E-state index is 12.6. The lowest BCUT2D eigenvalue weighted by atomic mass is 9.76. The molecule has 3 N–H and O–H groups in total. The van der Waals surface area contributed by atoms with Crippen LogP contribution in [0.4, 0.5) is 11.4 Å². The van der Waals surface area contributed by atoms with E-state index in [4.69, 9.17) is 0 Å². The molecule has 0 saturated carbocycles. The molecule has 1 aromatic rings. The Kier molecular flexibility index (Phi) is 5.39. The van der Waals surface area contributed by atoms with E-state index >= 15 is 0 Å². The van der Waals surface area contributed by atoms with Crippen molar-refractivity contribution in [1.82, 2.24) is 0 Å². The number of carbonyl (C=O) groups is 3. The molecule has 1 aromatic carbocycles. The predicted molar refractivity (Wildman–Crippen MR) is 91.6 cm³/mol. The number of amides is 2. The minimum Gasteiger partial charge on any atom is -0.481 e.